The molecule has 6 heteroatoms. The van der Waals surface area contributed by atoms with E-state index in [0.29, 0.717) is 12.0 Å². The van der Waals surface area contributed by atoms with Crippen LogP contribution in [-0.2, 0) is 4.74 Å². The van der Waals surface area contributed by atoms with Crippen molar-refractivity contribution in [2.45, 2.75) is 51.3 Å². The van der Waals surface area contributed by atoms with Crippen molar-refractivity contribution in [3.63, 3.8) is 0 Å². The van der Waals surface area contributed by atoms with Gasteiger partial charge < -0.3 is 9.72 Å². The highest BCUT2D eigenvalue weighted by atomic mass is 79.9. The number of likely N-dealkylation sites (tertiary alicyclic amines) is 1. The molecule has 0 spiro atoms. The molecular weight excluding hydrogens is 406 g/mol. The first-order valence-corrected chi connectivity index (χ1v) is 10.2. The van der Waals surface area contributed by atoms with Gasteiger partial charge in [-0.1, -0.05) is 28.1 Å². The molecule has 3 atom stereocenters. The van der Waals surface area contributed by atoms with Crippen LogP contribution in [0.3, 0.4) is 0 Å². The molecule has 1 N–H and O–H groups in total. The number of aromatic amines is 1. The number of piperidine rings is 1. The third kappa shape index (κ3) is 2.90. The van der Waals surface area contributed by atoms with Gasteiger partial charge in [-0.2, -0.15) is 0 Å². The number of ether oxygens (including phenoxy) is 1. The van der Waals surface area contributed by atoms with E-state index in [9.17, 15) is 4.79 Å². The first kappa shape index (κ1) is 17.0. The fourth-order valence-electron chi connectivity index (χ4n) is 4.23. The molecule has 27 heavy (non-hydrogen) atoms. The standard InChI is InChI=1S/C21H22BrN3O2/c1-21(2,3)27-20(26)25-16-9-12(16)10-17(25)19-23-15-7-4-11-8-13(22)5-6-14(11)18(15)24-19/h4-8,12,16-17H,9-10H2,1-3H3,(H,23,24)/t12?,16-,17+/m1/s1. The number of amides is 1. The summed E-state index contributed by atoms with van der Waals surface area (Å²) in [6, 6.07) is 10.6. The smallest absolute Gasteiger partial charge is 0.411 e. The minimum Gasteiger partial charge on any atom is -0.444 e. The normalized spacial score (nSPS) is 24.4. The van der Waals surface area contributed by atoms with Gasteiger partial charge in [0.05, 0.1) is 17.1 Å². The maximum absolute atomic E-state index is 12.8. The summed E-state index contributed by atoms with van der Waals surface area (Å²) in [6.07, 6.45) is 1.80. The lowest BCUT2D eigenvalue weighted by Crippen LogP contribution is -2.38. The molecule has 2 fully saturated rings. The number of carbonyl (C=O) groups is 1. The van der Waals surface area contributed by atoms with Crippen LogP contribution >= 0.6 is 15.9 Å². The predicted octanol–water partition coefficient (Wildman–Crippen LogP) is 5.55. The highest BCUT2D eigenvalue weighted by molar-refractivity contribution is 9.10. The lowest BCUT2D eigenvalue weighted by atomic mass is 10.1. The Labute approximate surface area is 166 Å². The lowest BCUT2D eigenvalue weighted by Gasteiger charge is -2.29. The van der Waals surface area contributed by atoms with Crippen molar-refractivity contribution in [1.82, 2.24) is 14.9 Å². The summed E-state index contributed by atoms with van der Waals surface area (Å²) in [6.45, 7) is 5.73. The summed E-state index contributed by atoms with van der Waals surface area (Å²) >= 11 is 3.53. The largest absolute Gasteiger partial charge is 0.444 e. The molecule has 1 aromatic heterocycles. The topological polar surface area (TPSA) is 58.2 Å². The van der Waals surface area contributed by atoms with Crippen LogP contribution in [0.4, 0.5) is 4.79 Å². The van der Waals surface area contributed by atoms with E-state index in [1.807, 2.05) is 31.7 Å². The Morgan fingerprint density at radius 1 is 1.26 bits per heavy atom. The monoisotopic (exact) mass is 427 g/mol. The highest BCUT2D eigenvalue weighted by Gasteiger charge is 2.56. The molecule has 2 heterocycles. The van der Waals surface area contributed by atoms with Gasteiger partial charge in [-0.15, -0.1) is 0 Å². The number of benzene rings is 2. The number of hydrogen-bond donors (Lipinski definition) is 1. The number of fused-ring (bicyclic) bond motifs is 4. The van der Waals surface area contributed by atoms with E-state index in [0.717, 1.165) is 44.9 Å². The molecule has 5 nitrogen and oxygen atoms in total. The lowest BCUT2D eigenvalue weighted by molar-refractivity contribution is 0.0175. The average Bonchev–Trinajstić information content (AvgIpc) is 3.03. The van der Waals surface area contributed by atoms with E-state index in [1.54, 1.807) is 0 Å². The van der Waals surface area contributed by atoms with Crippen LogP contribution in [-0.4, -0.2) is 32.6 Å². The first-order chi connectivity index (χ1) is 12.8. The zero-order chi connectivity index (χ0) is 18.9. The average molecular weight is 428 g/mol. The Morgan fingerprint density at radius 3 is 2.85 bits per heavy atom. The van der Waals surface area contributed by atoms with Crippen molar-refractivity contribution < 1.29 is 9.53 Å². The second-order valence-electron chi connectivity index (χ2n) is 8.65. The predicted molar refractivity (Wildman–Crippen MR) is 109 cm³/mol. The van der Waals surface area contributed by atoms with E-state index in [4.69, 9.17) is 9.72 Å². The number of hydrogen-bond acceptors (Lipinski definition) is 3. The molecule has 0 bridgehead atoms. The van der Waals surface area contributed by atoms with E-state index >= 15 is 0 Å². The van der Waals surface area contributed by atoms with Crippen LogP contribution in [0.25, 0.3) is 21.8 Å². The van der Waals surface area contributed by atoms with Gasteiger partial charge in [0.25, 0.3) is 0 Å². The van der Waals surface area contributed by atoms with Crippen molar-refractivity contribution in [3.8, 4) is 0 Å². The van der Waals surface area contributed by atoms with Gasteiger partial charge in [-0.3, -0.25) is 4.90 Å². The summed E-state index contributed by atoms with van der Waals surface area (Å²) in [5.41, 5.74) is 1.47. The van der Waals surface area contributed by atoms with Crippen molar-refractivity contribution in [1.29, 1.82) is 0 Å². The molecule has 5 rings (SSSR count). The summed E-state index contributed by atoms with van der Waals surface area (Å²) in [4.78, 5) is 23.1. The molecule has 3 aromatic rings. The van der Waals surface area contributed by atoms with Gasteiger partial charge >= 0.3 is 6.09 Å². The van der Waals surface area contributed by atoms with Gasteiger partial charge in [0.15, 0.2) is 0 Å². The number of nitrogens with one attached hydrogen (secondary N) is 1. The van der Waals surface area contributed by atoms with Gasteiger partial charge in [-0.05, 0) is 63.1 Å². The van der Waals surface area contributed by atoms with E-state index in [1.165, 1.54) is 0 Å². The number of imidazole rings is 1. The SMILES string of the molecule is CC(C)(C)OC(=O)N1[C@@H]2CC2C[C@H]1c1nc2c(ccc3cc(Br)ccc32)[nH]1. The van der Waals surface area contributed by atoms with E-state index < -0.39 is 5.60 Å². The molecule has 1 saturated carbocycles. The second-order valence-corrected chi connectivity index (χ2v) is 9.57. The third-order valence-electron chi connectivity index (χ3n) is 5.47. The Balaban J connectivity index is 1.54. The fraction of sp³-hybridized carbons (Fsp3) is 0.429. The number of halogens is 1. The summed E-state index contributed by atoms with van der Waals surface area (Å²) < 4.78 is 6.72. The van der Waals surface area contributed by atoms with Crippen molar-refractivity contribution in [2.24, 2.45) is 5.92 Å². The van der Waals surface area contributed by atoms with Gasteiger partial charge in [0.2, 0.25) is 0 Å². The van der Waals surface area contributed by atoms with Crippen LogP contribution in [0.1, 0.15) is 45.5 Å². The number of H-pyrrole nitrogens is 1. The zero-order valence-corrected chi connectivity index (χ0v) is 17.2. The van der Waals surface area contributed by atoms with Crippen LogP contribution < -0.4 is 0 Å². The summed E-state index contributed by atoms with van der Waals surface area (Å²) in [5.74, 6) is 1.43. The fourth-order valence-corrected chi connectivity index (χ4v) is 4.61. The van der Waals surface area contributed by atoms with E-state index in [2.05, 4.69) is 45.2 Å². The molecule has 1 amide bonds. The Bertz CT molecular complexity index is 1070. The first-order valence-electron chi connectivity index (χ1n) is 9.39. The molecule has 2 aromatic carbocycles. The Kier molecular flexibility index (Phi) is 3.60. The highest BCUT2D eigenvalue weighted by Crippen LogP contribution is 2.53. The van der Waals surface area contributed by atoms with Crippen molar-refractivity contribution in [3.05, 3.63) is 40.6 Å². The van der Waals surface area contributed by atoms with Gasteiger partial charge in [0, 0.05) is 15.9 Å². The summed E-state index contributed by atoms with van der Waals surface area (Å²) in [5, 5.41) is 2.26. The van der Waals surface area contributed by atoms with Crippen molar-refractivity contribution >= 4 is 43.8 Å². The van der Waals surface area contributed by atoms with Crippen LogP contribution in [0.2, 0.25) is 0 Å². The van der Waals surface area contributed by atoms with Crippen LogP contribution in [0.15, 0.2) is 34.8 Å². The minimum atomic E-state index is -0.494. The number of carbonyl (C=O) groups excluding carboxylic acids is 1. The molecule has 1 aliphatic carbocycles. The van der Waals surface area contributed by atoms with Crippen LogP contribution in [0, 0.1) is 5.92 Å². The molecule has 1 unspecified atom stereocenters. The quantitative estimate of drug-likeness (QED) is 0.553. The summed E-state index contributed by atoms with van der Waals surface area (Å²) in [7, 11) is 0. The number of nitrogens with zero attached hydrogens (tertiary/aromatic N) is 2. The van der Waals surface area contributed by atoms with Gasteiger partial charge in [-0.25, -0.2) is 9.78 Å². The molecule has 1 saturated heterocycles. The molecule has 2 aliphatic rings. The number of aromatic nitrogens is 2. The second kappa shape index (κ2) is 5.71. The van der Waals surface area contributed by atoms with Gasteiger partial charge in [0.1, 0.15) is 11.4 Å². The Morgan fingerprint density at radius 2 is 2.07 bits per heavy atom. The number of rotatable bonds is 1. The maximum Gasteiger partial charge on any atom is 0.411 e. The minimum absolute atomic E-state index is 0.0403. The molecule has 0 radical (unpaired) electrons. The third-order valence-corrected chi connectivity index (χ3v) is 5.97. The maximum atomic E-state index is 12.8. The Hall–Kier alpha value is -2.08. The van der Waals surface area contributed by atoms with Crippen molar-refractivity contribution in [2.75, 3.05) is 0 Å². The molecule has 140 valence electrons. The zero-order valence-electron chi connectivity index (χ0n) is 15.6. The van der Waals surface area contributed by atoms with Crippen LogP contribution in [0.5, 0.6) is 0 Å². The van der Waals surface area contributed by atoms with E-state index in [-0.39, 0.29) is 12.1 Å². The molecular formula is C21H22BrN3O2. The molecule has 1 aliphatic heterocycles.